The van der Waals surface area contributed by atoms with Gasteiger partial charge in [0.25, 0.3) is 5.91 Å². The predicted molar refractivity (Wildman–Crippen MR) is 166 cm³/mol. The van der Waals surface area contributed by atoms with Crippen molar-refractivity contribution in [1.82, 2.24) is 20.2 Å². The molecule has 40 heavy (non-hydrogen) atoms. The Balaban J connectivity index is 0.000000946. The van der Waals surface area contributed by atoms with Crippen LogP contribution in [-0.2, 0) is 4.79 Å². The molecule has 0 radical (unpaired) electrons. The van der Waals surface area contributed by atoms with Gasteiger partial charge in [0, 0.05) is 26.7 Å². The summed E-state index contributed by atoms with van der Waals surface area (Å²) in [6.45, 7) is 17.6. The number of carbonyl (C=O) groups is 2. The second-order valence-electron chi connectivity index (χ2n) is 13.5. The van der Waals surface area contributed by atoms with Crippen molar-refractivity contribution in [1.29, 1.82) is 0 Å². The molecule has 3 aliphatic rings. The number of hydroxylamine groups is 2. The first-order valence-electron chi connectivity index (χ1n) is 13.9. The highest BCUT2D eigenvalue weighted by molar-refractivity contribution is 7.20. The molecule has 2 amide bonds. The summed E-state index contributed by atoms with van der Waals surface area (Å²) in [6.07, 6.45) is 2.80. The maximum absolute atomic E-state index is 13.2. The lowest BCUT2D eigenvalue weighted by Gasteiger charge is -2.67. The quantitative estimate of drug-likeness (QED) is 0.496. The summed E-state index contributed by atoms with van der Waals surface area (Å²) in [4.78, 5) is 30.9. The molecule has 5 N–H and O–H groups in total. The number of benzene rings is 1. The monoisotopic (exact) mass is 582 g/mol. The highest BCUT2D eigenvalue weighted by Crippen LogP contribution is 2.43. The van der Waals surface area contributed by atoms with Gasteiger partial charge in [0.2, 0.25) is 5.91 Å². The number of hydrogen-bond donors (Lipinski definition) is 3. The Kier molecular flexibility index (Phi) is 10.9. The van der Waals surface area contributed by atoms with Gasteiger partial charge >= 0.3 is 0 Å². The average molecular weight is 583 g/mol. The van der Waals surface area contributed by atoms with Gasteiger partial charge in [0.1, 0.15) is 6.04 Å². The summed E-state index contributed by atoms with van der Waals surface area (Å²) in [5, 5.41) is 23.5. The minimum absolute atomic E-state index is 0. The van der Waals surface area contributed by atoms with Gasteiger partial charge in [0.05, 0.1) is 22.1 Å². The van der Waals surface area contributed by atoms with Crippen molar-refractivity contribution in [2.45, 2.75) is 97.5 Å². The van der Waals surface area contributed by atoms with Crippen LogP contribution in [0, 0.1) is 5.41 Å². The third-order valence-electron chi connectivity index (χ3n) is 7.72. The number of carbonyl (C=O) groups excluding carboxylic acids is 2. The highest BCUT2D eigenvalue weighted by atomic mass is 32.1. The van der Waals surface area contributed by atoms with E-state index in [1.165, 1.54) is 35.8 Å². The van der Waals surface area contributed by atoms with Crippen LogP contribution in [0.25, 0.3) is 10.1 Å². The fourth-order valence-electron chi connectivity index (χ4n) is 5.10. The first kappa shape index (κ1) is 34.1. The molecule has 0 saturated carbocycles. The Morgan fingerprint density at radius 1 is 1.18 bits per heavy atom. The van der Waals surface area contributed by atoms with Crippen LogP contribution in [0.4, 0.5) is 0 Å². The van der Waals surface area contributed by atoms with Crippen molar-refractivity contribution in [3.05, 3.63) is 35.2 Å². The van der Waals surface area contributed by atoms with Crippen molar-refractivity contribution < 1.29 is 28.2 Å². The van der Waals surface area contributed by atoms with E-state index in [0.29, 0.717) is 18.0 Å². The van der Waals surface area contributed by atoms with Crippen molar-refractivity contribution in [2.75, 3.05) is 26.7 Å². The Morgan fingerprint density at radius 2 is 1.77 bits per heavy atom. The van der Waals surface area contributed by atoms with E-state index in [-0.39, 0.29) is 31.7 Å². The second kappa shape index (κ2) is 12.8. The molecule has 1 aromatic heterocycles. The molecular formula is C30H54N4O5S. The van der Waals surface area contributed by atoms with Crippen LogP contribution in [-0.4, -0.2) is 98.4 Å². The van der Waals surface area contributed by atoms with Crippen LogP contribution >= 0.6 is 11.3 Å². The molecule has 3 fully saturated rings. The topological polar surface area (TPSA) is 128 Å². The average Bonchev–Trinajstić information content (AvgIpc) is 3.40. The summed E-state index contributed by atoms with van der Waals surface area (Å²) >= 11 is 1.43. The zero-order chi connectivity index (χ0) is 29.3. The van der Waals surface area contributed by atoms with Gasteiger partial charge in [-0.3, -0.25) is 9.59 Å². The molecule has 5 rings (SSSR count). The van der Waals surface area contributed by atoms with E-state index in [0.717, 1.165) is 16.1 Å². The smallest absolute Gasteiger partial charge is 0.262 e. The minimum Gasteiger partial charge on any atom is -0.412 e. The first-order valence-corrected chi connectivity index (χ1v) is 14.7. The normalized spacial score (nSPS) is 25.1. The molecule has 2 aromatic rings. The van der Waals surface area contributed by atoms with Crippen molar-refractivity contribution in [3.8, 4) is 0 Å². The molecule has 4 heterocycles. The van der Waals surface area contributed by atoms with Crippen molar-refractivity contribution in [3.63, 3.8) is 0 Å². The lowest BCUT2D eigenvalue weighted by atomic mass is 9.72. The van der Waals surface area contributed by atoms with E-state index in [1.54, 1.807) is 25.7 Å². The number of nitrogens with one attached hydrogen (secondary N) is 1. The molecule has 4 atom stereocenters. The van der Waals surface area contributed by atoms with Gasteiger partial charge in [-0.1, -0.05) is 39.0 Å². The maximum Gasteiger partial charge on any atom is 0.262 e. The number of amides is 2. The van der Waals surface area contributed by atoms with E-state index in [1.807, 2.05) is 58.0 Å². The summed E-state index contributed by atoms with van der Waals surface area (Å²) in [5.74, 6) is -0.298. The third-order valence-corrected chi connectivity index (χ3v) is 8.84. The summed E-state index contributed by atoms with van der Waals surface area (Å²) in [5.41, 5.74) is -1.26. The summed E-state index contributed by atoms with van der Waals surface area (Å²) in [6, 6.07) is 9.96. The van der Waals surface area contributed by atoms with Crippen LogP contribution in [0.5, 0.6) is 0 Å². The third kappa shape index (κ3) is 8.02. The SMILES string of the molecule is CC(C)(C)C(NC(=O)c1cc2ccccc2s1)C(=O)N1C[C@H]2N(O)CC21C.CC(C)(C)O.C[C@@H]1CCCN1C.O.[HH].[HH]. The number of piperazine rings is 1. The zero-order valence-corrected chi connectivity index (χ0v) is 26.4. The van der Waals surface area contributed by atoms with Crippen LogP contribution in [0.15, 0.2) is 30.3 Å². The molecule has 0 spiro atoms. The number of fused-ring (bicyclic) bond motifs is 2. The molecule has 3 saturated heterocycles. The largest absolute Gasteiger partial charge is 0.412 e. The Labute approximate surface area is 246 Å². The van der Waals surface area contributed by atoms with E-state index >= 15 is 0 Å². The van der Waals surface area contributed by atoms with Crippen LogP contribution in [0.3, 0.4) is 0 Å². The van der Waals surface area contributed by atoms with Gasteiger partial charge < -0.3 is 30.9 Å². The number of thiophene rings is 1. The van der Waals surface area contributed by atoms with Crippen LogP contribution < -0.4 is 5.32 Å². The molecule has 9 nitrogen and oxygen atoms in total. The fourth-order valence-corrected chi connectivity index (χ4v) is 6.06. The molecule has 1 aromatic carbocycles. The minimum atomic E-state index is -0.624. The molecular weight excluding hydrogens is 528 g/mol. The molecule has 0 aliphatic carbocycles. The summed E-state index contributed by atoms with van der Waals surface area (Å²) in [7, 11) is 2.19. The van der Waals surface area contributed by atoms with Gasteiger partial charge in [-0.2, -0.15) is 5.06 Å². The molecule has 2 unspecified atom stereocenters. The van der Waals surface area contributed by atoms with Gasteiger partial charge in [0.15, 0.2) is 0 Å². The predicted octanol–water partition coefficient (Wildman–Crippen LogP) is 4.27. The molecule has 10 heteroatoms. The van der Waals surface area contributed by atoms with E-state index < -0.39 is 17.1 Å². The number of aliphatic hydroxyl groups is 1. The number of likely N-dealkylation sites (tertiary alicyclic amines) is 2. The van der Waals surface area contributed by atoms with Crippen LogP contribution in [0.1, 0.15) is 80.8 Å². The van der Waals surface area contributed by atoms with Crippen molar-refractivity contribution in [2.24, 2.45) is 5.41 Å². The van der Waals surface area contributed by atoms with Crippen molar-refractivity contribution >= 4 is 33.2 Å². The summed E-state index contributed by atoms with van der Waals surface area (Å²) < 4.78 is 1.05. The fraction of sp³-hybridized carbons (Fsp3) is 0.667. The molecule has 0 bridgehead atoms. The number of nitrogens with zero attached hydrogens (tertiary/aromatic N) is 3. The van der Waals surface area contributed by atoms with Gasteiger partial charge in [-0.15, -0.1) is 11.3 Å². The lowest BCUT2D eigenvalue weighted by Crippen LogP contribution is -2.87. The van der Waals surface area contributed by atoms with E-state index in [9.17, 15) is 14.8 Å². The highest BCUT2D eigenvalue weighted by Gasteiger charge is 2.64. The number of rotatable bonds is 3. The Bertz CT molecular complexity index is 1120. The number of hydrogen-bond acceptors (Lipinski definition) is 7. The lowest BCUT2D eigenvalue weighted by molar-refractivity contribution is -0.304. The molecule has 230 valence electrons. The standard InChI is InChI=1S/C20H25N3O3S.C6H13N.C4H10O.H2O.2H2/c1-19(2,3)16(18(25)22-10-15-20(22,4)11-23(15)26)21-17(24)14-9-12-7-5-6-8-13(12)27-14;1-6-4-3-5-7(6)2;1-4(2,3)5;;;/h5-9,15-16,26H,10-11H2,1-4H3,(H,21,24);6H,3-5H2,1-2H3;5H,1-3H3;1H2;2*1H/t15-,16?,20?;6-;;;;/m11..../s1. The Morgan fingerprint density at radius 3 is 2.17 bits per heavy atom. The maximum atomic E-state index is 13.2. The second-order valence-corrected chi connectivity index (χ2v) is 14.6. The van der Waals surface area contributed by atoms with Gasteiger partial charge in [-0.05, 0) is 84.0 Å². The van der Waals surface area contributed by atoms with E-state index in [4.69, 9.17) is 5.11 Å². The molecule has 3 aliphatic heterocycles. The van der Waals surface area contributed by atoms with E-state index in [2.05, 4.69) is 24.2 Å². The Hall–Kier alpha value is -2.08. The zero-order valence-electron chi connectivity index (χ0n) is 25.6. The first-order chi connectivity index (χ1) is 17.9. The van der Waals surface area contributed by atoms with Gasteiger partial charge in [-0.25, -0.2) is 0 Å². The van der Waals surface area contributed by atoms with Crippen LogP contribution in [0.2, 0.25) is 0 Å².